The second-order valence-electron chi connectivity index (χ2n) is 9.25. The molecule has 9 nitrogen and oxygen atoms in total. The number of rotatable bonds is 9. The van der Waals surface area contributed by atoms with Crippen LogP contribution in [-0.2, 0) is 13.5 Å². The van der Waals surface area contributed by atoms with E-state index in [4.69, 9.17) is 42.4 Å². The summed E-state index contributed by atoms with van der Waals surface area (Å²) in [6.45, 7) is 4.83. The number of anilines is 2. The third-order valence-corrected chi connectivity index (χ3v) is 7.24. The zero-order valence-electron chi connectivity index (χ0n) is 24.6. The van der Waals surface area contributed by atoms with E-state index in [9.17, 15) is 0 Å². The summed E-state index contributed by atoms with van der Waals surface area (Å²) in [5.41, 5.74) is 5.73. The highest BCUT2D eigenvalue weighted by atomic mass is 35.5. The Hall–Kier alpha value is -4.08. The van der Waals surface area contributed by atoms with Crippen LogP contribution in [0.4, 0.5) is 11.4 Å². The third kappa shape index (κ3) is 6.69. The molecule has 0 bridgehead atoms. The zero-order valence-corrected chi connectivity index (χ0v) is 26.1. The number of pyridine rings is 1. The first kappa shape index (κ1) is 30.9. The molecule has 0 saturated heterocycles. The van der Waals surface area contributed by atoms with E-state index >= 15 is 0 Å². The molecule has 11 heteroatoms. The molecule has 0 aliphatic carbocycles. The lowest BCUT2D eigenvalue weighted by Crippen LogP contribution is -2.19. The number of nitrogens with zero attached hydrogens (tertiary/aromatic N) is 6. The number of aryl methyl sites for hydroxylation is 2. The summed E-state index contributed by atoms with van der Waals surface area (Å²) < 4.78 is 17.7. The smallest absolute Gasteiger partial charge is 0.143 e. The maximum Gasteiger partial charge on any atom is 0.143 e. The Morgan fingerprint density at radius 3 is 2.14 bits per heavy atom. The summed E-state index contributed by atoms with van der Waals surface area (Å²) in [6.07, 6.45) is 9.00. The maximum atomic E-state index is 6.71. The van der Waals surface area contributed by atoms with Crippen molar-refractivity contribution in [1.29, 1.82) is 0 Å². The maximum absolute atomic E-state index is 6.71. The van der Waals surface area contributed by atoms with Crippen molar-refractivity contribution in [1.82, 2.24) is 24.7 Å². The number of aromatic nitrogens is 5. The second-order valence-corrected chi connectivity index (χ2v) is 10.0. The van der Waals surface area contributed by atoms with E-state index in [1.807, 2.05) is 48.5 Å². The van der Waals surface area contributed by atoms with Gasteiger partial charge in [-0.15, -0.1) is 0 Å². The van der Waals surface area contributed by atoms with Gasteiger partial charge in [0, 0.05) is 43.3 Å². The normalized spacial score (nSPS) is 10.7. The molecule has 220 valence electrons. The third-order valence-electron chi connectivity index (χ3n) is 6.51. The van der Waals surface area contributed by atoms with E-state index in [2.05, 4.69) is 28.9 Å². The largest absolute Gasteiger partial charge is 0.495 e. The lowest BCUT2D eigenvalue weighted by atomic mass is 10.1. The van der Waals surface area contributed by atoms with E-state index in [0.29, 0.717) is 33.8 Å². The average molecular weight is 610 g/mol. The Labute approximate surface area is 256 Å². The molecule has 0 spiro atoms. The van der Waals surface area contributed by atoms with Crippen molar-refractivity contribution in [3.63, 3.8) is 0 Å². The van der Waals surface area contributed by atoms with Gasteiger partial charge in [-0.25, -0.2) is 4.98 Å². The minimum atomic E-state index is 0.419. The van der Waals surface area contributed by atoms with Crippen LogP contribution in [0.5, 0.6) is 17.2 Å². The molecule has 5 aromatic rings. The van der Waals surface area contributed by atoms with Crippen LogP contribution in [0.15, 0.2) is 61.2 Å². The van der Waals surface area contributed by atoms with Crippen molar-refractivity contribution in [2.45, 2.75) is 26.7 Å². The summed E-state index contributed by atoms with van der Waals surface area (Å²) in [5.74, 6) is 1.86. The van der Waals surface area contributed by atoms with Crippen molar-refractivity contribution in [3.8, 4) is 28.5 Å². The number of halogens is 2. The highest BCUT2D eigenvalue weighted by Gasteiger charge is 2.23. The van der Waals surface area contributed by atoms with Gasteiger partial charge in [-0.05, 0) is 43.2 Å². The molecular formula is C31H34Cl2N6O3. The van der Waals surface area contributed by atoms with Crippen molar-refractivity contribution >= 4 is 45.6 Å². The van der Waals surface area contributed by atoms with Gasteiger partial charge in [-0.3, -0.25) is 14.6 Å². The first-order valence-electron chi connectivity index (χ1n) is 13.5. The number of ether oxygens (including phenoxy) is 3. The topological polar surface area (TPSA) is 87.4 Å². The highest BCUT2D eigenvalue weighted by Crippen LogP contribution is 2.48. The number of hydrogen-bond donors (Lipinski definition) is 0. The Kier molecular flexibility index (Phi) is 10.4. The molecule has 2 aromatic carbocycles. The molecule has 0 saturated carbocycles. The van der Waals surface area contributed by atoms with Gasteiger partial charge in [0.05, 0.1) is 61.8 Å². The van der Waals surface area contributed by atoms with Crippen LogP contribution in [0, 0.1) is 0 Å². The van der Waals surface area contributed by atoms with Crippen LogP contribution in [0.1, 0.15) is 26.0 Å². The molecular weight excluding hydrogens is 575 g/mol. The SMILES string of the molecule is CCCN(c1ccc2ncc(-c3cnn(C)c3)nc2c1)c1c(Cl)c(OC)cc(OC)c1Cl.CCc1ncccc1OC. The minimum absolute atomic E-state index is 0.419. The van der Waals surface area contributed by atoms with Gasteiger partial charge in [0.25, 0.3) is 0 Å². The van der Waals surface area contributed by atoms with Gasteiger partial charge in [-0.2, -0.15) is 5.10 Å². The molecule has 0 atom stereocenters. The molecule has 3 aromatic heterocycles. The summed E-state index contributed by atoms with van der Waals surface area (Å²) in [4.78, 5) is 15.6. The summed E-state index contributed by atoms with van der Waals surface area (Å²) in [6, 6.07) is 11.4. The van der Waals surface area contributed by atoms with Crippen molar-refractivity contribution in [2.24, 2.45) is 7.05 Å². The molecule has 0 aliphatic heterocycles. The van der Waals surface area contributed by atoms with Crippen LogP contribution in [-0.4, -0.2) is 52.6 Å². The van der Waals surface area contributed by atoms with E-state index in [1.54, 1.807) is 50.7 Å². The van der Waals surface area contributed by atoms with Gasteiger partial charge in [-0.1, -0.05) is 37.0 Å². The Balaban J connectivity index is 0.000000343. The quantitative estimate of drug-likeness (QED) is 0.169. The molecule has 0 radical (unpaired) electrons. The van der Waals surface area contributed by atoms with Crippen molar-refractivity contribution in [3.05, 3.63) is 76.9 Å². The molecule has 0 aliphatic rings. The standard InChI is InChI=1S/C23H23Cl2N5O2.C8H11NO/c1-5-8-30(23-21(24)19(31-3)10-20(32-4)22(23)25)15-6-7-16-17(9-15)28-18(12-26-16)14-11-27-29(2)13-14;1-3-7-8(10-2)5-4-6-9-7/h6-7,9-13H,5,8H2,1-4H3;4-6H,3H2,1-2H3. The van der Waals surface area contributed by atoms with Crippen LogP contribution < -0.4 is 19.1 Å². The lowest BCUT2D eigenvalue weighted by molar-refractivity contribution is 0.395. The summed E-state index contributed by atoms with van der Waals surface area (Å²) in [5, 5.41) is 5.06. The monoisotopic (exact) mass is 608 g/mol. The Morgan fingerprint density at radius 2 is 1.57 bits per heavy atom. The number of benzene rings is 2. The van der Waals surface area contributed by atoms with E-state index < -0.39 is 0 Å². The van der Waals surface area contributed by atoms with E-state index in [1.165, 1.54) is 0 Å². The molecule has 0 amide bonds. The van der Waals surface area contributed by atoms with E-state index in [0.717, 1.165) is 52.3 Å². The first-order valence-corrected chi connectivity index (χ1v) is 14.2. The molecule has 0 fully saturated rings. The van der Waals surface area contributed by atoms with Crippen molar-refractivity contribution < 1.29 is 14.2 Å². The van der Waals surface area contributed by atoms with Crippen molar-refractivity contribution in [2.75, 3.05) is 32.8 Å². The van der Waals surface area contributed by atoms with Gasteiger partial charge < -0.3 is 19.1 Å². The van der Waals surface area contributed by atoms with Gasteiger partial charge in [0.1, 0.15) is 27.3 Å². The van der Waals surface area contributed by atoms with Gasteiger partial charge >= 0.3 is 0 Å². The molecule has 0 N–H and O–H groups in total. The predicted molar refractivity (Wildman–Crippen MR) is 169 cm³/mol. The molecule has 3 heterocycles. The molecule has 0 unspecified atom stereocenters. The van der Waals surface area contributed by atoms with Crippen LogP contribution in [0.25, 0.3) is 22.3 Å². The number of fused-ring (bicyclic) bond motifs is 1. The lowest BCUT2D eigenvalue weighted by Gasteiger charge is -2.28. The second kappa shape index (κ2) is 14.2. The van der Waals surface area contributed by atoms with Crippen LogP contribution >= 0.6 is 23.2 Å². The number of hydrogen-bond acceptors (Lipinski definition) is 8. The van der Waals surface area contributed by atoms with Gasteiger partial charge in [0.15, 0.2) is 0 Å². The van der Waals surface area contributed by atoms with Crippen LogP contribution in [0.3, 0.4) is 0 Å². The fourth-order valence-corrected chi connectivity index (χ4v) is 5.14. The van der Waals surface area contributed by atoms with Crippen LogP contribution in [0.2, 0.25) is 10.0 Å². The Morgan fingerprint density at radius 1 is 0.857 bits per heavy atom. The molecule has 42 heavy (non-hydrogen) atoms. The van der Waals surface area contributed by atoms with E-state index in [-0.39, 0.29) is 0 Å². The fraction of sp³-hybridized carbons (Fsp3) is 0.290. The highest BCUT2D eigenvalue weighted by molar-refractivity contribution is 6.41. The molecule has 5 rings (SSSR count). The predicted octanol–water partition coefficient (Wildman–Crippen LogP) is 7.56. The fourth-order valence-electron chi connectivity index (χ4n) is 4.44. The van der Waals surface area contributed by atoms with Gasteiger partial charge in [0.2, 0.25) is 0 Å². The summed E-state index contributed by atoms with van der Waals surface area (Å²) >= 11 is 13.4. The Bertz CT molecular complexity index is 1610. The summed E-state index contributed by atoms with van der Waals surface area (Å²) in [7, 11) is 6.66. The zero-order chi connectivity index (χ0) is 30.2. The minimum Gasteiger partial charge on any atom is -0.495 e. The first-order chi connectivity index (χ1) is 20.3. The average Bonchev–Trinajstić information content (AvgIpc) is 3.46. The number of methoxy groups -OCH3 is 3.